The highest BCUT2D eigenvalue weighted by atomic mass is 19.1. The highest BCUT2D eigenvalue weighted by Crippen LogP contribution is 2.44. The molecule has 0 saturated carbocycles. The van der Waals surface area contributed by atoms with Gasteiger partial charge in [0.25, 0.3) is 0 Å². The third-order valence-electron chi connectivity index (χ3n) is 6.88. The van der Waals surface area contributed by atoms with E-state index in [9.17, 15) is 4.79 Å². The lowest BCUT2D eigenvalue weighted by atomic mass is 9.76. The molecular formula is C25H28F2N4O3. The number of halogens is 2. The first-order valence-electron chi connectivity index (χ1n) is 11.3. The van der Waals surface area contributed by atoms with Crippen LogP contribution in [0, 0.1) is 17.6 Å². The number of hydrogen-bond donors (Lipinski definition) is 1. The lowest BCUT2D eigenvalue weighted by Crippen LogP contribution is -2.48. The fourth-order valence-electron chi connectivity index (χ4n) is 5.29. The van der Waals surface area contributed by atoms with Gasteiger partial charge in [-0.2, -0.15) is 0 Å². The Balaban J connectivity index is 1.60. The van der Waals surface area contributed by atoms with E-state index in [1.807, 2.05) is 6.07 Å². The van der Waals surface area contributed by atoms with Crippen molar-refractivity contribution in [3.05, 3.63) is 46.8 Å². The Morgan fingerprint density at radius 1 is 1.15 bits per heavy atom. The highest BCUT2D eigenvalue weighted by molar-refractivity contribution is 6.05. The number of rotatable bonds is 5. The summed E-state index contributed by atoms with van der Waals surface area (Å²) in [6, 6.07) is 3.18. The van der Waals surface area contributed by atoms with E-state index in [0.29, 0.717) is 11.6 Å². The van der Waals surface area contributed by atoms with Crippen molar-refractivity contribution in [3.8, 4) is 11.5 Å². The maximum Gasteiger partial charge on any atom is 0.237 e. The summed E-state index contributed by atoms with van der Waals surface area (Å²) >= 11 is 0. The van der Waals surface area contributed by atoms with Gasteiger partial charge in [0.05, 0.1) is 26.2 Å². The molecule has 1 N–H and O–H groups in total. The summed E-state index contributed by atoms with van der Waals surface area (Å²) in [5.74, 6) is -2.01. The van der Waals surface area contributed by atoms with Crippen molar-refractivity contribution in [3.63, 3.8) is 0 Å². The molecule has 0 unspecified atom stereocenters. The van der Waals surface area contributed by atoms with E-state index in [0.717, 1.165) is 52.8 Å². The van der Waals surface area contributed by atoms with Gasteiger partial charge in [0.1, 0.15) is 11.3 Å². The number of nitrogens with zero attached hydrogens (tertiary/aromatic N) is 3. The zero-order valence-corrected chi connectivity index (χ0v) is 20.0. The Morgan fingerprint density at radius 2 is 1.79 bits per heavy atom. The first-order valence-corrected chi connectivity index (χ1v) is 11.3. The Bertz CT molecular complexity index is 1270. The van der Waals surface area contributed by atoms with Gasteiger partial charge in [-0.25, -0.2) is 13.8 Å². The number of fused-ring (bicyclic) bond motifs is 3. The number of aromatic nitrogens is 2. The molecule has 1 fully saturated rings. The number of pyridine rings is 1. The minimum absolute atomic E-state index is 0.0190. The normalized spacial score (nSPS) is 18.2. The first kappa shape index (κ1) is 22.6. The molecule has 180 valence electrons. The SMILES string of the molecule is COc1cc(OC)c(F)c(N2Cc3cnc4[nH]c(CN5CC(C)C5)cc4c3C(C)(C)C2=O)c1F. The second-order valence-corrected chi connectivity index (χ2v) is 9.79. The zero-order valence-electron chi connectivity index (χ0n) is 20.0. The molecule has 3 aromatic rings. The molecule has 1 aromatic carbocycles. The number of H-pyrrole nitrogens is 1. The van der Waals surface area contributed by atoms with Crippen LogP contribution in [0.4, 0.5) is 14.5 Å². The summed E-state index contributed by atoms with van der Waals surface area (Å²) < 4.78 is 40.6. The van der Waals surface area contributed by atoms with Crippen LogP contribution in [0.1, 0.15) is 37.6 Å². The van der Waals surface area contributed by atoms with Crippen LogP contribution in [0.25, 0.3) is 11.0 Å². The van der Waals surface area contributed by atoms with Crippen LogP contribution in [0.5, 0.6) is 11.5 Å². The van der Waals surface area contributed by atoms with E-state index in [1.54, 1.807) is 20.0 Å². The Hall–Kier alpha value is -3.20. The van der Waals surface area contributed by atoms with Gasteiger partial charge in [0.2, 0.25) is 5.91 Å². The lowest BCUT2D eigenvalue weighted by molar-refractivity contribution is -0.123. The van der Waals surface area contributed by atoms with E-state index in [-0.39, 0.29) is 18.0 Å². The number of ether oxygens (including phenoxy) is 2. The molecule has 34 heavy (non-hydrogen) atoms. The van der Waals surface area contributed by atoms with Crippen molar-refractivity contribution in [2.24, 2.45) is 5.92 Å². The van der Waals surface area contributed by atoms with Crippen LogP contribution in [0.15, 0.2) is 18.3 Å². The Labute approximate surface area is 196 Å². The van der Waals surface area contributed by atoms with Crippen molar-refractivity contribution in [2.75, 3.05) is 32.2 Å². The number of anilines is 1. The van der Waals surface area contributed by atoms with Crippen LogP contribution in [0.2, 0.25) is 0 Å². The number of nitrogens with one attached hydrogen (secondary N) is 1. The molecule has 0 aliphatic carbocycles. The van der Waals surface area contributed by atoms with Crippen LogP contribution in [0.3, 0.4) is 0 Å². The van der Waals surface area contributed by atoms with Gasteiger partial charge in [0.15, 0.2) is 23.1 Å². The molecule has 0 atom stereocenters. The standard InChI is InChI=1S/C25H28F2N4O3/c1-13-9-30(10-13)12-15-6-16-19-14(8-28-23(16)29-15)11-31(24(32)25(19,2)3)22-20(26)17(33-4)7-18(34-5)21(22)27/h6-8,13H,9-12H2,1-5H3,(H,28,29). The van der Waals surface area contributed by atoms with Crippen LogP contribution in [-0.4, -0.2) is 48.1 Å². The summed E-state index contributed by atoms with van der Waals surface area (Å²) in [5.41, 5.74) is 1.77. The van der Waals surface area contributed by atoms with Gasteiger partial charge >= 0.3 is 0 Å². The van der Waals surface area contributed by atoms with Crippen molar-refractivity contribution < 1.29 is 23.0 Å². The number of aromatic amines is 1. The monoisotopic (exact) mass is 470 g/mol. The third kappa shape index (κ3) is 3.33. The number of hydrogen-bond acceptors (Lipinski definition) is 5. The predicted molar refractivity (Wildman–Crippen MR) is 124 cm³/mol. The van der Waals surface area contributed by atoms with Crippen molar-refractivity contribution in [2.45, 2.75) is 39.3 Å². The largest absolute Gasteiger partial charge is 0.493 e. The second kappa shape index (κ2) is 7.94. The van der Waals surface area contributed by atoms with E-state index in [4.69, 9.17) is 9.47 Å². The lowest BCUT2D eigenvalue weighted by Gasteiger charge is -2.39. The maximum atomic E-state index is 15.2. The summed E-state index contributed by atoms with van der Waals surface area (Å²) in [6.45, 7) is 8.66. The van der Waals surface area contributed by atoms with Gasteiger partial charge in [-0.15, -0.1) is 0 Å². The average molecular weight is 471 g/mol. The minimum Gasteiger partial charge on any atom is -0.493 e. The van der Waals surface area contributed by atoms with Gasteiger partial charge in [-0.3, -0.25) is 9.69 Å². The second-order valence-electron chi connectivity index (χ2n) is 9.79. The number of amides is 1. The van der Waals surface area contributed by atoms with Crippen LogP contribution >= 0.6 is 0 Å². The molecule has 0 radical (unpaired) electrons. The molecule has 5 rings (SSSR count). The van der Waals surface area contributed by atoms with E-state index >= 15 is 8.78 Å². The minimum atomic E-state index is -1.05. The van der Waals surface area contributed by atoms with Crippen molar-refractivity contribution in [1.29, 1.82) is 0 Å². The molecule has 9 heteroatoms. The van der Waals surface area contributed by atoms with Gasteiger partial charge < -0.3 is 19.4 Å². The van der Waals surface area contributed by atoms with E-state index in [2.05, 4.69) is 21.8 Å². The fraction of sp³-hybridized carbons (Fsp3) is 0.440. The highest BCUT2D eigenvalue weighted by Gasteiger charge is 2.44. The van der Waals surface area contributed by atoms with Crippen molar-refractivity contribution >= 4 is 22.6 Å². The molecule has 0 spiro atoms. The summed E-state index contributed by atoms with van der Waals surface area (Å²) in [6.07, 6.45) is 1.68. The number of carbonyl (C=O) groups is 1. The summed E-state index contributed by atoms with van der Waals surface area (Å²) in [7, 11) is 2.56. The first-order chi connectivity index (χ1) is 16.1. The number of benzene rings is 1. The molecule has 2 aliphatic heterocycles. The molecule has 1 saturated heterocycles. The maximum absolute atomic E-state index is 15.2. The van der Waals surface area contributed by atoms with Crippen molar-refractivity contribution in [1.82, 2.24) is 14.9 Å². The molecule has 2 aliphatic rings. The number of likely N-dealkylation sites (tertiary alicyclic amines) is 1. The molecule has 4 heterocycles. The molecule has 2 aromatic heterocycles. The summed E-state index contributed by atoms with van der Waals surface area (Å²) in [4.78, 5) is 25.1. The fourth-order valence-corrected chi connectivity index (χ4v) is 5.29. The third-order valence-corrected chi connectivity index (χ3v) is 6.88. The smallest absolute Gasteiger partial charge is 0.237 e. The number of carbonyl (C=O) groups excluding carboxylic acids is 1. The summed E-state index contributed by atoms with van der Waals surface area (Å²) in [5, 5.41) is 0.864. The van der Waals surface area contributed by atoms with Crippen LogP contribution < -0.4 is 14.4 Å². The number of methoxy groups -OCH3 is 2. The van der Waals surface area contributed by atoms with E-state index < -0.39 is 28.6 Å². The van der Waals surface area contributed by atoms with E-state index in [1.165, 1.54) is 14.2 Å². The molecular weight excluding hydrogens is 442 g/mol. The molecule has 7 nitrogen and oxygen atoms in total. The quantitative estimate of drug-likeness (QED) is 0.607. The zero-order chi connectivity index (χ0) is 24.4. The Morgan fingerprint density at radius 3 is 2.38 bits per heavy atom. The van der Waals surface area contributed by atoms with Gasteiger partial charge in [-0.05, 0) is 37.0 Å². The average Bonchev–Trinajstić information content (AvgIpc) is 3.18. The molecule has 1 amide bonds. The topological polar surface area (TPSA) is 70.7 Å². The van der Waals surface area contributed by atoms with Gasteiger partial charge in [-0.1, -0.05) is 6.92 Å². The van der Waals surface area contributed by atoms with Gasteiger partial charge in [0, 0.05) is 43.0 Å². The molecule has 0 bridgehead atoms. The Kier molecular flexibility index (Phi) is 5.27. The van der Waals surface area contributed by atoms with Crippen LogP contribution in [-0.2, 0) is 23.3 Å². The predicted octanol–water partition coefficient (Wildman–Crippen LogP) is 4.13.